The molecule has 33 heavy (non-hydrogen) atoms. The van der Waals surface area contributed by atoms with Crippen LogP contribution < -0.4 is 0 Å². The van der Waals surface area contributed by atoms with Crippen molar-refractivity contribution in [2.24, 2.45) is 0 Å². The molecule has 0 aromatic heterocycles. The average molecular weight is 427 g/mol. The summed E-state index contributed by atoms with van der Waals surface area (Å²) in [6.45, 7) is 15.0. The Labute approximate surface area is 198 Å². The molecular formula is C33H30. The minimum absolute atomic E-state index is 0.967. The fourth-order valence-electron chi connectivity index (χ4n) is 3.40. The Bertz CT molecular complexity index is 1090. The predicted molar refractivity (Wildman–Crippen MR) is 148 cm³/mol. The van der Waals surface area contributed by atoms with Crippen LogP contribution in [0.2, 0.25) is 0 Å². The largest absolute Gasteiger partial charge is 0.0985 e. The van der Waals surface area contributed by atoms with E-state index in [0.717, 1.165) is 28.7 Å². The lowest BCUT2D eigenvalue weighted by Gasteiger charge is -2.03. The highest BCUT2D eigenvalue weighted by Gasteiger charge is 1.97. The van der Waals surface area contributed by atoms with Crippen LogP contribution in [-0.4, -0.2) is 0 Å². The van der Waals surface area contributed by atoms with Crippen molar-refractivity contribution in [2.75, 3.05) is 0 Å². The van der Waals surface area contributed by atoms with Crippen LogP contribution in [0.15, 0.2) is 123 Å². The van der Waals surface area contributed by atoms with Gasteiger partial charge in [0.25, 0.3) is 0 Å². The first-order chi connectivity index (χ1) is 16.1. The van der Waals surface area contributed by atoms with E-state index in [2.05, 4.69) is 123 Å². The van der Waals surface area contributed by atoms with Crippen molar-refractivity contribution < 1.29 is 0 Å². The molecule has 0 fully saturated rings. The van der Waals surface area contributed by atoms with Crippen molar-refractivity contribution in [1.82, 2.24) is 0 Å². The van der Waals surface area contributed by atoms with Crippen molar-refractivity contribution >= 4 is 24.3 Å². The fourth-order valence-corrected chi connectivity index (χ4v) is 3.40. The second-order valence-corrected chi connectivity index (χ2v) is 7.72. The molecule has 0 radical (unpaired) electrons. The summed E-state index contributed by atoms with van der Waals surface area (Å²) in [5.74, 6) is 0. The number of hydrogen-bond acceptors (Lipinski definition) is 0. The van der Waals surface area contributed by atoms with Gasteiger partial charge in [-0.25, -0.2) is 0 Å². The van der Waals surface area contributed by atoms with Gasteiger partial charge in [-0.1, -0.05) is 148 Å². The third-order valence-electron chi connectivity index (χ3n) is 5.47. The molecule has 0 nitrogen and oxygen atoms in total. The zero-order valence-corrected chi connectivity index (χ0v) is 19.1. The molecule has 0 N–H and O–H groups in total. The molecule has 4 aromatic rings. The molecule has 0 aliphatic rings. The summed E-state index contributed by atoms with van der Waals surface area (Å²) in [4.78, 5) is 0. The summed E-state index contributed by atoms with van der Waals surface area (Å²) in [6.07, 6.45) is 8.40. The third-order valence-corrected chi connectivity index (χ3v) is 5.47. The van der Waals surface area contributed by atoms with Gasteiger partial charge in [0, 0.05) is 0 Å². The van der Waals surface area contributed by atoms with Gasteiger partial charge in [-0.2, -0.15) is 0 Å². The highest BCUT2D eigenvalue weighted by atomic mass is 14.0. The number of rotatable bonds is 7. The van der Waals surface area contributed by atoms with Gasteiger partial charge < -0.3 is 0 Å². The first-order valence-electron chi connectivity index (χ1n) is 11.0. The van der Waals surface area contributed by atoms with E-state index in [1.54, 1.807) is 0 Å². The Morgan fingerprint density at radius 1 is 0.364 bits per heavy atom. The van der Waals surface area contributed by atoms with Crippen LogP contribution in [0.5, 0.6) is 0 Å². The molecule has 0 spiro atoms. The van der Waals surface area contributed by atoms with E-state index in [1.165, 1.54) is 22.3 Å². The van der Waals surface area contributed by atoms with Crippen molar-refractivity contribution in [2.45, 2.75) is 6.42 Å². The van der Waals surface area contributed by atoms with Gasteiger partial charge in [-0.05, 0) is 50.9 Å². The van der Waals surface area contributed by atoms with Gasteiger partial charge in [0.15, 0.2) is 0 Å². The zero-order chi connectivity index (χ0) is 23.5. The first kappa shape index (κ1) is 23.5. The fraction of sp³-hybridized carbons (Fsp3) is 0.0303. The molecule has 0 saturated heterocycles. The molecular weight excluding hydrogens is 396 g/mol. The maximum atomic E-state index is 3.75. The van der Waals surface area contributed by atoms with Gasteiger partial charge in [-0.15, -0.1) is 0 Å². The predicted octanol–water partition coefficient (Wildman–Crippen LogP) is 9.20. The van der Waals surface area contributed by atoms with Crippen LogP contribution in [0.4, 0.5) is 0 Å². The van der Waals surface area contributed by atoms with Gasteiger partial charge >= 0.3 is 0 Å². The molecule has 4 aromatic carbocycles. The Hall–Kier alpha value is -4.16. The smallest absolute Gasteiger partial charge is 0.00258 e. The molecule has 0 unspecified atom stereocenters. The topological polar surface area (TPSA) is 0 Å². The average Bonchev–Trinajstić information content (AvgIpc) is 2.90. The van der Waals surface area contributed by atoms with E-state index in [-0.39, 0.29) is 0 Å². The molecule has 0 heterocycles. The van der Waals surface area contributed by atoms with E-state index in [9.17, 15) is 0 Å². The summed E-state index contributed by atoms with van der Waals surface area (Å²) in [5.41, 5.74) is 9.70. The molecule has 0 amide bonds. The summed E-state index contributed by atoms with van der Waals surface area (Å²) >= 11 is 0. The lowest BCUT2D eigenvalue weighted by Crippen LogP contribution is -1.88. The second kappa shape index (κ2) is 12.0. The SMILES string of the molecule is C=Cc1ccc(-c2ccc(C=C)cc2)cc1.C=Cc1ccc(Cc2ccc(C=C)cc2)cc1. The summed E-state index contributed by atoms with van der Waals surface area (Å²) < 4.78 is 0. The zero-order valence-electron chi connectivity index (χ0n) is 19.1. The second-order valence-electron chi connectivity index (χ2n) is 7.72. The van der Waals surface area contributed by atoms with E-state index < -0.39 is 0 Å². The van der Waals surface area contributed by atoms with Gasteiger partial charge in [-0.3, -0.25) is 0 Å². The number of benzene rings is 4. The van der Waals surface area contributed by atoms with Gasteiger partial charge in [0.05, 0.1) is 0 Å². The first-order valence-corrected chi connectivity index (χ1v) is 11.0. The lowest BCUT2D eigenvalue weighted by atomic mass is 10.0. The maximum Gasteiger partial charge on any atom is -0.00258 e. The minimum atomic E-state index is 0.967. The van der Waals surface area contributed by atoms with Crippen LogP contribution in [0.1, 0.15) is 33.4 Å². The Morgan fingerprint density at radius 2 is 0.606 bits per heavy atom. The lowest BCUT2D eigenvalue weighted by molar-refractivity contribution is 1.19. The molecule has 0 atom stereocenters. The normalized spacial score (nSPS) is 9.82. The minimum Gasteiger partial charge on any atom is -0.0985 e. The van der Waals surface area contributed by atoms with Crippen molar-refractivity contribution in [3.63, 3.8) is 0 Å². The molecule has 0 aliphatic carbocycles. The molecule has 0 saturated carbocycles. The molecule has 0 bridgehead atoms. The van der Waals surface area contributed by atoms with E-state index >= 15 is 0 Å². The Kier molecular flexibility index (Phi) is 8.56. The quantitative estimate of drug-likeness (QED) is 0.276. The molecule has 162 valence electrons. The third kappa shape index (κ3) is 6.92. The van der Waals surface area contributed by atoms with Crippen molar-refractivity contribution in [1.29, 1.82) is 0 Å². The van der Waals surface area contributed by atoms with Crippen LogP contribution >= 0.6 is 0 Å². The molecule has 0 heteroatoms. The van der Waals surface area contributed by atoms with E-state index in [0.29, 0.717) is 0 Å². The van der Waals surface area contributed by atoms with E-state index in [4.69, 9.17) is 0 Å². The summed E-state index contributed by atoms with van der Waals surface area (Å²) in [7, 11) is 0. The Balaban J connectivity index is 0.000000186. The Morgan fingerprint density at radius 3 is 0.848 bits per heavy atom. The van der Waals surface area contributed by atoms with Crippen molar-refractivity contribution in [3.05, 3.63) is 157 Å². The van der Waals surface area contributed by atoms with E-state index in [1.807, 2.05) is 24.3 Å². The van der Waals surface area contributed by atoms with Gasteiger partial charge in [0.2, 0.25) is 0 Å². The highest BCUT2D eigenvalue weighted by Crippen LogP contribution is 2.21. The molecule has 0 aliphatic heterocycles. The summed E-state index contributed by atoms with van der Waals surface area (Å²) in [5, 5.41) is 0. The van der Waals surface area contributed by atoms with Crippen LogP contribution in [-0.2, 0) is 6.42 Å². The van der Waals surface area contributed by atoms with Crippen LogP contribution in [0, 0.1) is 0 Å². The van der Waals surface area contributed by atoms with Crippen LogP contribution in [0.25, 0.3) is 35.4 Å². The summed E-state index contributed by atoms with van der Waals surface area (Å²) in [6, 6.07) is 33.7. The molecule has 4 rings (SSSR count). The highest BCUT2D eigenvalue weighted by molar-refractivity contribution is 5.67. The maximum absolute atomic E-state index is 3.75. The van der Waals surface area contributed by atoms with Crippen molar-refractivity contribution in [3.8, 4) is 11.1 Å². The number of hydrogen-bond donors (Lipinski definition) is 0. The van der Waals surface area contributed by atoms with Crippen LogP contribution in [0.3, 0.4) is 0 Å². The monoisotopic (exact) mass is 426 g/mol. The van der Waals surface area contributed by atoms with Gasteiger partial charge in [0.1, 0.15) is 0 Å². The standard InChI is InChI=1S/C17H16.C16H14/c1-3-14-5-9-16(10-6-14)13-17-11-7-15(4-2)8-12-17;1-3-13-5-9-15(10-6-13)16-11-7-14(4-2)8-12-16/h3-12H,1-2,13H2;3-12H,1-2H2.